The van der Waals surface area contributed by atoms with E-state index in [-0.39, 0.29) is 41.0 Å². The number of nitrogens with zero attached hydrogens (tertiary/aromatic N) is 3. The highest BCUT2D eigenvalue weighted by atomic mass is 16.7. The van der Waals surface area contributed by atoms with E-state index in [1.54, 1.807) is 13.8 Å². The minimum absolute atomic E-state index is 0.00817. The third-order valence-electron chi connectivity index (χ3n) is 14.9. The van der Waals surface area contributed by atoms with Crippen LogP contribution in [0.1, 0.15) is 85.5 Å². The highest BCUT2D eigenvalue weighted by Crippen LogP contribution is 2.67. The number of esters is 2. The van der Waals surface area contributed by atoms with Crippen molar-refractivity contribution in [1.82, 2.24) is 9.80 Å². The highest BCUT2D eigenvalue weighted by Gasteiger charge is 2.65. The maximum atomic E-state index is 12.6. The summed E-state index contributed by atoms with van der Waals surface area (Å²) in [6.07, 6.45) is 11.6. The van der Waals surface area contributed by atoms with Crippen LogP contribution in [0.4, 0.5) is 0 Å². The Morgan fingerprint density at radius 2 is 1.51 bits per heavy atom. The van der Waals surface area contributed by atoms with Gasteiger partial charge in [0.2, 0.25) is 0 Å². The minimum Gasteiger partial charge on any atom is -0.461 e. The lowest BCUT2D eigenvalue weighted by atomic mass is 9.44. The average molecular weight is 657 g/mol. The molecule has 3 aliphatic heterocycles. The van der Waals surface area contributed by atoms with Crippen molar-refractivity contribution in [2.45, 2.75) is 116 Å². The van der Waals surface area contributed by atoms with Crippen LogP contribution in [0.15, 0.2) is 12.7 Å². The molecule has 0 radical (unpaired) electrons. The molecule has 9 heteroatoms. The van der Waals surface area contributed by atoms with Crippen LogP contribution in [0, 0.1) is 34.5 Å². The Hall–Kier alpha value is -1.52. The molecule has 3 heterocycles. The molecule has 9 nitrogen and oxygen atoms in total. The van der Waals surface area contributed by atoms with Crippen LogP contribution in [0.25, 0.3) is 0 Å². The molecule has 4 aliphatic carbocycles. The van der Waals surface area contributed by atoms with Gasteiger partial charge in [-0.3, -0.25) is 19.4 Å². The molecule has 3 saturated heterocycles. The van der Waals surface area contributed by atoms with E-state index in [0.717, 1.165) is 88.8 Å². The van der Waals surface area contributed by atoms with Gasteiger partial charge in [-0.1, -0.05) is 20.4 Å². The largest absolute Gasteiger partial charge is 0.461 e. The van der Waals surface area contributed by atoms with Crippen molar-refractivity contribution in [3.63, 3.8) is 0 Å². The second kappa shape index (κ2) is 12.7. The summed E-state index contributed by atoms with van der Waals surface area (Å²) in [5, 5.41) is 0. The van der Waals surface area contributed by atoms with E-state index in [1.165, 1.54) is 19.3 Å². The number of likely N-dealkylation sites (N-methyl/N-ethyl adjacent to an activating group) is 1. The Balaban J connectivity index is 1.12. The Bertz CT molecular complexity index is 1190. The number of piperazine rings is 1. The van der Waals surface area contributed by atoms with E-state index >= 15 is 0 Å². The first-order valence-corrected chi connectivity index (χ1v) is 18.9. The lowest BCUT2D eigenvalue weighted by Crippen LogP contribution is -2.62. The zero-order valence-electron chi connectivity index (χ0n) is 29.9. The van der Waals surface area contributed by atoms with Gasteiger partial charge >= 0.3 is 11.9 Å². The fourth-order valence-electron chi connectivity index (χ4n) is 12.4. The van der Waals surface area contributed by atoms with Crippen LogP contribution in [-0.4, -0.2) is 122 Å². The summed E-state index contributed by atoms with van der Waals surface area (Å²) in [6, 6.07) is 0.524. The van der Waals surface area contributed by atoms with Crippen molar-refractivity contribution in [3.8, 4) is 0 Å². The number of carbonyl (C=O) groups is 2. The summed E-state index contributed by atoms with van der Waals surface area (Å²) >= 11 is 0. The third kappa shape index (κ3) is 6.02. The van der Waals surface area contributed by atoms with Gasteiger partial charge in [0, 0.05) is 70.4 Å². The number of quaternary nitrogens is 1. The molecular weight excluding hydrogens is 594 g/mol. The Kier molecular flexibility index (Phi) is 9.15. The van der Waals surface area contributed by atoms with Gasteiger partial charge in [-0.15, -0.1) is 0 Å². The SMILES string of the molecule is C=CC[N+]1(C)CCN([C@H]2CC3C4CC[C@H]5C[C@H](OC(C)=O)[C@@H](N6CCC7(CC6)OCCO7)C[C@]5(C)C4CC[C@]3(C)[C@H]2OC(C)=O)CC1. The summed E-state index contributed by atoms with van der Waals surface area (Å²) in [7, 11) is 2.35. The monoisotopic (exact) mass is 656 g/mol. The van der Waals surface area contributed by atoms with Crippen molar-refractivity contribution >= 4 is 11.9 Å². The Labute approximate surface area is 283 Å². The Morgan fingerprint density at radius 1 is 0.851 bits per heavy atom. The van der Waals surface area contributed by atoms with E-state index < -0.39 is 5.79 Å². The number of hydrogen-bond donors (Lipinski definition) is 0. The molecule has 1 spiro atoms. The van der Waals surface area contributed by atoms with Crippen molar-refractivity contribution in [2.24, 2.45) is 34.5 Å². The number of hydrogen-bond acceptors (Lipinski definition) is 8. The maximum absolute atomic E-state index is 12.6. The summed E-state index contributed by atoms with van der Waals surface area (Å²) in [6.45, 7) is 20.8. The molecule has 0 aromatic heterocycles. The van der Waals surface area contributed by atoms with Gasteiger partial charge < -0.3 is 23.4 Å². The van der Waals surface area contributed by atoms with E-state index in [9.17, 15) is 9.59 Å². The van der Waals surface area contributed by atoms with Gasteiger partial charge in [-0.05, 0) is 80.1 Å². The van der Waals surface area contributed by atoms with Crippen LogP contribution >= 0.6 is 0 Å². The summed E-state index contributed by atoms with van der Waals surface area (Å²) in [5.41, 5.74) is 0.208. The molecule has 3 unspecified atom stereocenters. The van der Waals surface area contributed by atoms with Gasteiger partial charge in [0.05, 0.1) is 39.9 Å². The molecule has 0 bridgehead atoms. The quantitative estimate of drug-likeness (QED) is 0.233. The smallest absolute Gasteiger partial charge is 0.302 e. The molecule has 0 aromatic carbocycles. The zero-order chi connectivity index (χ0) is 33.2. The third-order valence-corrected chi connectivity index (χ3v) is 14.9. The fraction of sp³-hybridized carbons (Fsp3) is 0.895. The first-order valence-electron chi connectivity index (χ1n) is 18.9. The molecular formula is C38H62N3O6+. The second-order valence-electron chi connectivity index (χ2n) is 17.4. The molecule has 4 saturated carbocycles. The van der Waals surface area contributed by atoms with Gasteiger partial charge in [0.1, 0.15) is 12.2 Å². The molecule has 7 fully saturated rings. The molecule has 7 rings (SSSR count). The summed E-state index contributed by atoms with van der Waals surface area (Å²) in [5.74, 6) is 1.70. The second-order valence-corrected chi connectivity index (χ2v) is 17.4. The number of rotatable bonds is 6. The number of carbonyl (C=O) groups excluding carboxylic acids is 2. The molecule has 7 aliphatic rings. The van der Waals surface area contributed by atoms with E-state index in [2.05, 4.69) is 43.3 Å². The minimum atomic E-state index is -0.409. The predicted octanol–water partition coefficient (Wildman–Crippen LogP) is 4.64. The van der Waals surface area contributed by atoms with Crippen molar-refractivity contribution in [1.29, 1.82) is 0 Å². The molecule has 10 atom stereocenters. The van der Waals surface area contributed by atoms with Gasteiger partial charge in [0.15, 0.2) is 5.79 Å². The number of piperidine rings is 1. The first-order chi connectivity index (χ1) is 22.4. The van der Waals surface area contributed by atoms with Crippen molar-refractivity contribution < 1.29 is 33.0 Å². The standard InChI is InChI=1S/C38H62N3O6/c1-7-18-41(6)19-16-40(17-20-41)32-24-31-29-9-8-28-23-34(46-26(2)42)33(39-14-12-38(13-15-39)44-21-22-45-38)25-37(28,5)30(29)10-11-36(31,4)35(32)47-27(3)43/h7,28-35H,1,8-25H2,2-6H3/q+1/t28-,29?,30?,31?,32-,33-,34-,35-,36-,37-/m0/s1. The normalized spacial score (nSPS) is 44.6. The van der Waals surface area contributed by atoms with Gasteiger partial charge in [0.25, 0.3) is 0 Å². The molecule has 264 valence electrons. The van der Waals surface area contributed by atoms with Crippen LogP contribution in [0.3, 0.4) is 0 Å². The van der Waals surface area contributed by atoms with Crippen molar-refractivity contribution in [2.75, 3.05) is 66.1 Å². The highest BCUT2D eigenvalue weighted by molar-refractivity contribution is 5.66. The van der Waals surface area contributed by atoms with Crippen LogP contribution in [0.5, 0.6) is 0 Å². The van der Waals surface area contributed by atoms with Crippen LogP contribution in [-0.2, 0) is 28.5 Å². The van der Waals surface area contributed by atoms with Crippen molar-refractivity contribution in [3.05, 3.63) is 12.7 Å². The lowest BCUT2D eigenvalue weighted by Gasteiger charge is -2.62. The van der Waals surface area contributed by atoms with Gasteiger partial charge in [-0.25, -0.2) is 0 Å². The first kappa shape index (κ1) is 34.0. The zero-order valence-corrected chi connectivity index (χ0v) is 29.9. The molecule has 0 aromatic rings. The van der Waals surface area contributed by atoms with Gasteiger partial charge in [-0.2, -0.15) is 0 Å². The molecule has 0 amide bonds. The fourth-order valence-corrected chi connectivity index (χ4v) is 12.4. The molecule has 0 N–H and O–H groups in total. The molecule has 47 heavy (non-hydrogen) atoms. The topological polar surface area (TPSA) is 77.5 Å². The van der Waals surface area contributed by atoms with E-state index in [4.69, 9.17) is 18.9 Å². The summed E-state index contributed by atoms with van der Waals surface area (Å²) in [4.78, 5) is 30.3. The van der Waals surface area contributed by atoms with Crippen LogP contribution < -0.4 is 0 Å². The lowest BCUT2D eigenvalue weighted by molar-refractivity contribution is -0.908. The Morgan fingerprint density at radius 3 is 2.15 bits per heavy atom. The number of ether oxygens (including phenoxy) is 4. The van der Waals surface area contributed by atoms with E-state index in [1.807, 2.05) is 0 Å². The predicted molar refractivity (Wildman–Crippen MR) is 179 cm³/mol. The maximum Gasteiger partial charge on any atom is 0.302 e. The summed E-state index contributed by atoms with van der Waals surface area (Å²) < 4.78 is 25.7. The van der Waals surface area contributed by atoms with E-state index in [0.29, 0.717) is 42.9 Å². The number of likely N-dealkylation sites (tertiary alicyclic amines) is 1. The number of fused-ring (bicyclic) bond motifs is 5. The average Bonchev–Trinajstić information content (AvgIpc) is 3.59. The van der Waals surface area contributed by atoms with Crippen LogP contribution in [0.2, 0.25) is 0 Å².